The molecule has 3 heterocycles. The molecule has 1 aromatic carbocycles. The van der Waals surface area contributed by atoms with Crippen molar-refractivity contribution in [2.45, 2.75) is 19.9 Å². The molecule has 8 heteroatoms. The van der Waals surface area contributed by atoms with Crippen LogP contribution >= 0.6 is 0 Å². The van der Waals surface area contributed by atoms with Gasteiger partial charge in [0.05, 0.1) is 18.1 Å². The third-order valence-electron chi connectivity index (χ3n) is 4.46. The molecule has 1 saturated heterocycles. The van der Waals surface area contributed by atoms with E-state index in [-0.39, 0.29) is 18.0 Å². The van der Waals surface area contributed by atoms with Crippen molar-refractivity contribution in [2.24, 2.45) is 0 Å². The van der Waals surface area contributed by atoms with Gasteiger partial charge >= 0.3 is 6.03 Å². The Bertz CT molecular complexity index is 1030. The van der Waals surface area contributed by atoms with Crippen LogP contribution in [-0.2, 0) is 0 Å². The Labute approximate surface area is 156 Å². The molecule has 0 bridgehead atoms. The largest absolute Gasteiger partial charge is 0.336 e. The molecule has 4 rings (SSSR count). The van der Waals surface area contributed by atoms with Gasteiger partial charge in [0.15, 0.2) is 5.65 Å². The Balaban J connectivity index is 1.55. The van der Waals surface area contributed by atoms with Gasteiger partial charge < -0.3 is 10.6 Å². The molecule has 3 amide bonds. The summed E-state index contributed by atoms with van der Waals surface area (Å²) in [5.41, 5.74) is 2.56. The highest BCUT2D eigenvalue weighted by atomic mass is 16.2. The molecule has 0 spiro atoms. The molecule has 8 nitrogen and oxygen atoms in total. The number of anilines is 2. The molecule has 0 unspecified atom stereocenters. The average Bonchev–Trinajstić information content (AvgIpc) is 3.27. The summed E-state index contributed by atoms with van der Waals surface area (Å²) in [5.74, 6) is -0.256. The number of nitrogens with zero attached hydrogens (tertiary/aromatic N) is 4. The van der Waals surface area contributed by atoms with Crippen LogP contribution < -0.4 is 15.5 Å². The van der Waals surface area contributed by atoms with Crippen LogP contribution in [0.2, 0.25) is 0 Å². The van der Waals surface area contributed by atoms with Gasteiger partial charge in [0, 0.05) is 35.8 Å². The van der Waals surface area contributed by atoms with Crippen molar-refractivity contribution >= 4 is 34.3 Å². The molecule has 3 aromatic rings. The van der Waals surface area contributed by atoms with E-state index in [9.17, 15) is 9.59 Å². The van der Waals surface area contributed by atoms with E-state index >= 15 is 0 Å². The Morgan fingerprint density at radius 3 is 2.85 bits per heavy atom. The molecule has 138 valence electrons. The first-order chi connectivity index (χ1) is 13.0. The summed E-state index contributed by atoms with van der Waals surface area (Å²) in [5, 5.41) is 10.8. The van der Waals surface area contributed by atoms with Crippen LogP contribution in [0.25, 0.3) is 11.0 Å². The van der Waals surface area contributed by atoms with Crippen LogP contribution in [0.1, 0.15) is 30.2 Å². The predicted octanol–water partition coefficient (Wildman–Crippen LogP) is 2.79. The first kappa shape index (κ1) is 17.0. The van der Waals surface area contributed by atoms with Crippen LogP contribution in [0.3, 0.4) is 0 Å². The number of amides is 3. The standard InChI is InChI=1S/C19H20N6O2/c1-12(2)25-17-14(10-22-25)8-15(11-21-17)23-18(26)13-4-3-5-16(9-13)24-7-6-20-19(24)27/h3-5,8-12H,6-7H2,1-2H3,(H,20,27)(H,23,26). The number of urea groups is 1. The van der Waals surface area contributed by atoms with Crippen LogP contribution in [-0.4, -0.2) is 39.8 Å². The molecule has 1 fully saturated rings. The van der Waals surface area contributed by atoms with Crippen LogP contribution in [0.4, 0.5) is 16.2 Å². The second-order valence-electron chi connectivity index (χ2n) is 6.71. The Hall–Kier alpha value is -3.42. The monoisotopic (exact) mass is 364 g/mol. The normalized spacial score (nSPS) is 14.0. The van der Waals surface area contributed by atoms with E-state index in [2.05, 4.69) is 20.7 Å². The van der Waals surface area contributed by atoms with Gasteiger partial charge in [-0.15, -0.1) is 0 Å². The second-order valence-corrected chi connectivity index (χ2v) is 6.71. The number of hydrogen-bond acceptors (Lipinski definition) is 4. The highest BCUT2D eigenvalue weighted by Gasteiger charge is 2.21. The minimum Gasteiger partial charge on any atom is -0.336 e. The number of nitrogens with one attached hydrogen (secondary N) is 2. The van der Waals surface area contributed by atoms with E-state index in [1.165, 1.54) is 0 Å². The molecule has 1 aliphatic rings. The van der Waals surface area contributed by atoms with Crippen molar-refractivity contribution in [3.05, 3.63) is 48.3 Å². The van der Waals surface area contributed by atoms with Crippen molar-refractivity contribution in [1.82, 2.24) is 20.1 Å². The zero-order valence-corrected chi connectivity index (χ0v) is 15.1. The van der Waals surface area contributed by atoms with Gasteiger partial charge in [-0.25, -0.2) is 14.5 Å². The molecular formula is C19H20N6O2. The smallest absolute Gasteiger partial charge is 0.321 e. The number of hydrogen-bond donors (Lipinski definition) is 2. The quantitative estimate of drug-likeness (QED) is 0.745. The van der Waals surface area contributed by atoms with Gasteiger partial charge in [0.25, 0.3) is 5.91 Å². The number of pyridine rings is 1. The summed E-state index contributed by atoms with van der Waals surface area (Å²) < 4.78 is 1.84. The molecule has 27 heavy (non-hydrogen) atoms. The lowest BCUT2D eigenvalue weighted by Gasteiger charge is -2.15. The minimum atomic E-state index is -0.256. The van der Waals surface area contributed by atoms with Gasteiger partial charge in [0.2, 0.25) is 0 Å². The van der Waals surface area contributed by atoms with E-state index in [0.717, 1.165) is 11.0 Å². The molecule has 0 saturated carbocycles. The summed E-state index contributed by atoms with van der Waals surface area (Å²) in [7, 11) is 0. The third-order valence-corrected chi connectivity index (χ3v) is 4.46. The van der Waals surface area contributed by atoms with Crippen molar-refractivity contribution in [2.75, 3.05) is 23.3 Å². The van der Waals surface area contributed by atoms with E-state index < -0.39 is 0 Å². The first-order valence-electron chi connectivity index (χ1n) is 8.83. The second kappa shape index (κ2) is 6.71. The van der Waals surface area contributed by atoms with E-state index in [1.807, 2.05) is 30.7 Å². The van der Waals surface area contributed by atoms with Crippen LogP contribution in [0.15, 0.2) is 42.7 Å². The Morgan fingerprint density at radius 1 is 1.26 bits per heavy atom. The molecule has 2 N–H and O–H groups in total. The minimum absolute atomic E-state index is 0.149. The fourth-order valence-corrected chi connectivity index (χ4v) is 3.12. The lowest BCUT2D eigenvalue weighted by atomic mass is 10.1. The van der Waals surface area contributed by atoms with E-state index in [0.29, 0.717) is 30.0 Å². The number of aromatic nitrogens is 3. The predicted molar refractivity (Wildman–Crippen MR) is 103 cm³/mol. The van der Waals surface area contributed by atoms with Gasteiger partial charge in [-0.1, -0.05) is 6.07 Å². The molecule has 2 aromatic heterocycles. The SMILES string of the molecule is CC(C)n1ncc2cc(NC(=O)c3cccc(N4CCNC4=O)c3)cnc21. The molecule has 0 aliphatic carbocycles. The van der Waals surface area contributed by atoms with Gasteiger partial charge in [0.1, 0.15) is 0 Å². The lowest BCUT2D eigenvalue weighted by molar-refractivity contribution is 0.102. The highest BCUT2D eigenvalue weighted by molar-refractivity contribution is 6.06. The first-order valence-corrected chi connectivity index (χ1v) is 8.83. The summed E-state index contributed by atoms with van der Waals surface area (Å²) in [6.07, 6.45) is 3.36. The molecule has 1 aliphatic heterocycles. The van der Waals surface area contributed by atoms with Crippen molar-refractivity contribution in [3.8, 4) is 0 Å². The lowest BCUT2D eigenvalue weighted by Crippen LogP contribution is -2.27. The number of fused-ring (bicyclic) bond motifs is 1. The van der Waals surface area contributed by atoms with Crippen molar-refractivity contribution in [3.63, 3.8) is 0 Å². The average molecular weight is 364 g/mol. The van der Waals surface area contributed by atoms with E-state index in [4.69, 9.17) is 0 Å². The number of benzene rings is 1. The van der Waals surface area contributed by atoms with E-state index in [1.54, 1.807) is 35.5 Å². The van der Waals surface area contributed by atoms with Crippen LogP contribution in [0.5, 0.6) is 0 Å². The molecule has 0 atom stereocenters. The highest BCUT2D eigenvalue weighted by Crippen LogP contribution is 2.21. The third kappa shape index (κ3) is 3.21. The van der Waals surface area contributed by atoms with Crippen LogP contribution in [0, 0.1) is 0 Å². The van der Waals surface area contributed by atoms with Crippen molar-refractivity contribution < 1.29 is 9.59 Å². The maximum atomic E-state index is 12.6. The molecule has 0 radical (unpaired) electrons. The summed E-state index contributed by atoms with van der Waals surface area (Å²) in [6, 6.07) is 8.92. The zero-order valence-electron chi connectivity index (χ0n) is 15.1. The fraction of sp³-hybridized carbons (Fsp3) is 0.263. The Kier molecular flexibility index (Phi) is 4.23. The van der Waals surface area contributed by atoms with Crippen molar-refractivity contribution in [1.29, 1.82) is 0 Å². The summed E-state index contributed by atoms with van der Waals surface area (Å²) in [4.78, 5) is 30.5. The summed E-state index contributed by atoms with van der Waals surface area (Å²) >= 11 is 0. The maximum absolute atomic E-state index is 12.6. The molecular weight excluding hydrogens is 344 g/mol. The van der Waals surface area contributed by atoms with Gasteiger partial charge in [-0.2, -0.15) is 5.10 Å². The topological polar surface area (TPSA) is 92.2 Å². The fourth-order valence-electron chi connectivity index (χ4n) is 3.12. The number of rotatable bonds is 4. The maximum Gasteiger partial charge on any atom is 0.321 e. The zero-order chi connectivity index (χ0) is 19.0. The number of carbonyl (C=O) groups is 2. The Morgan fingerprint density at radius 2 is 2.11 bits per heavy atom. The number of carbonyl (C=O) groups excluding carboxylic acids is 2. The summed E-state index contributed by atoms with van der Waals surface area (Å²) in [6.45, 7) is 5.27. The van der Waals surface area contributed by atoms with Gasteiger partial charge in [-0.05, 0) is 38.1 Å². The van der Waals surface area contributed by atoms with Gasteiger partial charge in [-0.3, -0.25) is 9.69 Å².